The number of ether oxygens (including phenoxy) is 1. The average Bonchev–Trinajstić information content (AvgIpc) is 2.63. The topological polar surface area (TPSA) is 45.7 Å². The van der Waals surface area contributed by atoms with E-state index in [1.165, 1.54) is 0 Å². The second-order valence-electron chi connectivity index (χ2n) is 5.80. The van der Waals surface area contributed by atoms with Crippen molar-refractivity contribution >= 4 is 29.1 Å². The van der Waals surface area contributed by atoms with Crippen molar-refractivity contribution in [2.75, 3.05) is 39.3 Å². The van der Waals surface area contributed by atoms with Crippen molar-refractivity contribution in [3.8, 4) is 5.75 Å². The van der Waals surface area contributed by atoms with E-state index < -0.39 is 0 Å². The first-order chi connectivity index (χ1) is 12.1. The summed E-state index contributed by atoms with van der Waals surface area (Å²) in [6.07, 6.45) is 1.56. The lowest BCUT2D eigenvalue weighted by molar-refractivity contribution is 0.0614. The standard InChI is InChI=1S/C18H19Cl2N3O2/c19-14-1-3-16(4-2-14)25-12-11-22-7-9-23(10-8-22)18(24)17-13-15(20)5-6-21-17/h1-6,13H,7-12H2. The van der Waals surface area contributed by atoms with E-state index in [2.05, 4.69) is 9.88 Å². The third-order valence-electron chi connectivity index (χ3n) is 4.09. The minimum atomic E-state index is -0.0698. The Hall–Kier alpha value is -1.82. The van der Waals surface area contributed by atoms with Crippen LogP contribution >= 0.6 is 23.2 Å². The molecular weight excluding hydrogens is 361 g/mol. The molecule has 1 aromatic heterocycles. The van der Waals surface area contributed by atoms with Crippen molar-refractivity contribution in [2.45, 2.75) is 0 Å². The van der Waals surface area contributed by atoms with Crippen LogP contribution in [-0.4, -0.2) is 60.0 Å². The molecule has 25 heavy (non-hydrogen) atoms. The molecule has 0 unspecified atom stereocenters. The van der Waals surface area contributed by atoms with Crippen molar-refractivity contribution in [1.82, 2.24) is 14.8 Å². The zero-order valence-electron chi connectivity index (χ0n) is 13.7. The summed E-state index contributed by atoms with van der Waals surface area (Å²) in [5, 5.41) is 1.22. The third kappa shape index (κ3) is 5.08. The Morgan fingerprint density at radius 1 is 1.04 bits per heavy atom. The smallest absolute Gasteiger partial charge is 0.272 e. The van der Waals surface area contributed by atoms with Gasteiger partial charge in [0.05, 0.1) is 0 Å². The number of benzene rings is 1. The van der Waals surface area contributed by atoms with Crippen LogP contribution in [-0.2, 0) is 0 Å². The number of halogens is 2. The molecule has 1 saturated heterocycles. The van der Waals surface area contributed by atoms with Crippen LogP contribution in [0.15, 0.2) is 42.6 Å². The van der Waals surface area contributed by atoms with Gasteiger partial charge in [-0.1, -0.05) is 23.2 Å². The van der Waals surface area contributed by atoms with Gasteiger partial charge in [-0.2, -0.15) is 0 Å². The fourth-order valence-electron chi connectivity index (χ4n) is 2.68. The number of carbonyl (C=O) groups excluding carboxylic acids is 1. The van der Waals surface area contributed by atoms with Crippen LogP contribution in [0.25, 0.3) is 0 Å². The molecule has 1 amide bonds. The first kappa shape index (κ1) is 18.0. The summed E-state index contributed by atoms with van der Waals surface area (Å²) < 4.78 is 5.72. The Balaban J connectivity index is 1.42. The Labute approximate surface area is 157 Å². The summed E-state index contributed by atoms with van der Waals surface area (Å²) >= 11 is 11.8. The maximum atomic E-state index is 12.4. The molecule has 5 nitrogen and oxygen atoms in total. The van der Waals surface area contributed by atoms with E-state index in [1.54, 1.807) is 18.3 Å². The Morgan fingerprint density at radius 3 is 2.44 bits per heavy atom. The van der Waals surface area contributed by atoms with E-state index in [-0.39, 0.29) is 5.91 Å². The first-order valence-corrected chi connectivity index (χ1v) is 8.89. The zero-order chi connectivity index (χ0) is 17.6. The first-order valence-electron chi connectivity index (χ1n) is 8.13. The molecule has 7 heteroatoms. The zero-order valence-corrected chi connectivity index (χ0v) is 15.2. The number of rotatable bonds is 5. The van der Waals surface area contributed by atoms with Crippen LogP contribution in [0.2, 0.25) is 10.0 Å². The normalized spacial score (nSPS) is 15.2. The second kappa shape index (κ2) is 8.52. The maximum Gasteiger partial charge on any atom is 0.272 e. The fraction of sp³-hybridized carbons (Fsp3) is 0.333. The number of hydrogen-bond acceptors (Lipinski definition) is 4. The van der Waals surface area contributed by atoms with Crippen LogP contribution in [0.1, 0.15) is 10.5 Å². The summed E-state index contributed by atoms with van der Waals surface area (Å²) in [5.41, 5.74) is 0.395. The third-order valence-corrected chi connectivity index (χ3v) is 4.58. The Morgan fingerprint density at radius 2 is 1.76 bits per heavy atom. The molecule has 0 aliphatic carbocycles. The molecule has 0 bridgehead atoms. The number of nitrogens with zero attached hydrogens (tertiary/aromatic N) is 3. The molecule has 1 fully saturated rings. The average molecular weight is 380 g/mol. The van der Waals surface area contributed by atoms with E-state index >= 15 is 0 Å². The van der Waals surface area contributed by atoms with Crippen molar-refractivity contribution in [3.63, 3.8) is 0 Å². The molecule has 0 atom stereocenters. The van der Waals surface area contributed by atoms with Gasteiger partial charge in [-0.05, 0) is 36.4 Å². The molecular formula is C18H19Cl2N3O2. The van der Waals surface area contributed by atoms with Gasteiger partial charge < -0.3 is 9.64 Å². The lowest BCUT2D eigenvalue weighted by Crippen LogP contribution is -2.49. The van der Waals surface area contributed by atoms with Crippen LogP contribution in [0.4, 0.5) is 0 Å². The Bertz CT molecular complexity index is 717. The van der Waals surface area contributed by atoms with Gasteiger partial charge in [0.1, 0.15) is 18.1 Å². The molecule has 1 aliphatic heterocycles. The van der Waals surface area contributed by atoms with E-state index in [9.17, 15) is 4.79 Å². The SMILES string of the molecule is O=C(c1cc(Cl)ccn1)N1CCN(CCOc2ccc(Cl)cc2)CC1. The predicted molar refractivity (Wildman–Crippen MR) is 98.5 cm³/mol. The van der Waals surface area contributed by atoms with Gasteiger partial charge in [0.2, 0.25) is 0 Å². The summed E-state index contributed by atoms with van der Waals surface area (Å²) in [6, 6.07) is 10.6. The van der Waals surface area contributed by atoms with Crippen LogP contribution < -0.4 is 4.74 Å². The molecule has 0 spiro atoms. The minimum absolute atomic E-state index is 0.0698. The number of carbonyl (C=O) groups is 1. The molecule has 0 N–H and O–H groups in total. The lowest BCUT2D eigenvalue weighted by atomic mass is 10.2. The molecule has 0 saturated carbocycles. The number of pyridine rings is 1. The lowest BCUT2D eigenvalue weighted by Gasteiger charge is -2.34. The highest BCUT2D eigenvalue weighted by Gasteiger charge is 2.22. The van der Waals surface area contributed by atoms with Crippen LogP contribution in [0, 0.1) is 0 Å². The van der Waals surface area contributed by atoms with E-state index in [1.807, 2.05) is 29.2 Å². The predicted octanol–water partition coefficient (Wildman–Crippen LogP) is 3.23. The van der Waals surface area contributed by atoms with Gasteiger partial charge in [0.15, 0.2) is 0 Å². The minimum Gasteiger partial charge on any atom is -0.492 e. The molecule has 1 aliphatic rings. The van der Waals surface area contributed by atoms with Crippen molar-refractivity contribution in [3.05, 3.63) is 58.3 Å². The molecule has 2 heterocycles. The van der Waals surface area contributed by atoms with Crippen molar-refractivity contribution in [1.29, 1.82) is 0 Å². The largest absolute Gasteiger partial charge is 0.492 e. The van der Waals surface area contributed by atoms with Gasteiger partial charge >= 0.3 is 0 Å². The van der Waals surface area contributed by atoms with Crippen LogP contribution in [0.5, 0.6) is 5.75 Å². The summed E-state index contributed by atoms with van der Waals surface area (Å²) in [5.74, 6) is 0.741. The van der Waals surface area contributed by atoms with Crippen molar-refractivity contribution < 1.29 is 9.53 Å². The highest BCUT2D eigenvalue weighted by Crippen LogP contribution is 2.16. The quantitative estimate of drug-likeness (QED) is 0.799. The van der Waals surface area contributed by atoms with E-state index in [0.717, 1.165) is 25.4 Å². The maximum absolute atomic E-state index is 12.4. The van der Waals surface area contributed by atoms with E-state index in [4.69, 9.17) is 27.9 Å². The molecule has 132 valence electrons. The molecule has 0 radical (unpaired) electrons. The summed E-state index contributed by atoms with van der Waals surface area (Å²) in [4.78, 5) is 20.6. The molecule has 3 rings (SSSR count). The monoisotopic (exact) mass is 379 g/mol. The van der Waals surface area contributed by atoms with Gasteiger partial charge in [0, 0.05) is 49.0 Å². The number of hydrogen-bond donors (Lipinski definition) is 0. The van der Waals surface area contributed by atoms with Gasteiger partial charge in [-0.15, -0.1) is 0 Å². The van der Waals surface area contributed by atoms with Crippen LogP contribution in [0.3, 0.4) is 0 Å². The number of piperazine rings is 1. The molecule has 1 aromatic carbocycles. The summed E-state index contributed by atoms with van der Waals surface area (Å²) in [6.45, 7) is 4.40. The fourth-order valence-corrected chi connectivity index (χ4v) is 2.97. The molecule has 2 aromatic rings. The Kier molecular flexibility index (Phi) is 6.13. The van der Waals surface area contributed by atoms with Crippen molar-refractivity contribution in [2.24, 2.45) is 0 Å². The summed E-state index contributed by atoms with van der Waals surface area (Å²) in [7, 11) is 0. The van der Waals surface area contributed by atoms with E-state index in [0.29, 0.717) is 35.4 Å². The van der Waals surface area contributed by atoms with Gasteiger partial charge in [0.25, 0.3) is 5.91 Å². The van der Waals surface area contributed by atoms with Gasteiger partial charge in [-0.3, -0.25) is 14.7 Å². The number of aromatic nitrogens is 1. The second-order valence-corrected chi connectivity index (χ2v) is 6.67. The highest BCUT2D eigenvalue weighted by atomic mass is 35.5. The number of amides is 1. The van der Waals surface area contributed by atoms with Gasteiger partial charge in [-0.25, -0.2) is 0 Å². The highest BCUT2D eigenvalue weighted by molar-refractivity contribution is 6.31.